The number of imidazole rings is 1. The molecule has 0 aliphatic heterocycles. The lowest BCUT2D eigenvalue weighted by Crippen LogP contribution is -2.15. The molecule has 0 bridgehead atoms. The molecule has 1 aromatic carbocycles. The highest BCUT2D eigenvalue weighted by atomic mass is 79.9. The fourth-order valence-corrected chi connectivity index (χ4v) is 5.15. The standard InChI is InChI=1S/C20H23BrN4O2/c1-20-8-10(20)5-12-15(9-20)25(3)23-17(12)18-22-16-13(19(26)27-4)6-11(21)7-14(16)24(18)2/h6-7,10,19,26H,5,8-9H2,1-4H3/t10-,19?,20-/m1/s1. The number of benzene rings is 1. The van der Waals surface area contributed by atoms with Crippen LogP contribution >= 0.6 is 15.9 Å². The van der Waals surface area contributed by atoms with Gasteiger partial charge >= 0.3 is 0 Å². The fourth-order valence-electron chi connectivity index (χ4n) is 4.69. The zero-order valence-corrected chi connectivity index (χ0v) is 17.5. The molecule has 6 nitrogen and oxygen atoms in total. The molecule has 1 saturated carbocycles. The number of methoxy groups -OCH3 is 1. The fraction of sp³-hybridized carbons (Fsp3) is 0.500. The van der Waals surface area contributed by atoms with Gasteiger partial charge in [0.15, 0.2) is 12.1 Å². The molecule has 1 unspecified atom stereocenters. The molecule has 3 aromatic rings. The first kappa shape index (κ1) is 17.4. The van der Waals surface area contributed by atoms with E-state index in [0.717, 1.165) is 45.8 Å². The smallest absolute Gasteiger partial charge is 0.183 e. The number of hydrogen-bond donors (Lipinski definition) is 1. The first-order chi connectivity index (χ1) is 12.8. The maximum Gasteiger partial charge on any atom is 0.183 e. The molecule has 2 heterocycles. The highest BCUT2D eigenvalue weighted by Crippen LogP contribution is 2.59. The Balaban J connectivity index is 1.71. The van der Waals surface area contributed by atoms with Crippen molar-refractivity contribution in [2.75, 3.05) is 7.11 Å². The molecule has 2 aliphatic rings. The first-order valence-corrected chi connectivity index (χ1v) is 10.0. The number of fused-ring (bicyclic) bond motifs is 3. The van der Waals surface area contributed by atoms with Crippen molar-refractivity contribution in [2.24, 2.45) is 25.4 Å². The summed E-state index contributed by atoms with van der Waals surface area (Å²) in [5.74, 6) is 1.61. The van der Waals surface area contributed by atoms with Gasteiger partial charge in [0.2, 0.25) is 0 Å². The van der Waals surface area contributed by atoms with Crippen molar-refractivity contribution >= 4 is 27.0 Å². The molecular weight excluding hydrogens is 408 g/mol. The van der Waals surface area contributed by atoms with Gasteiger partial charge in [0.05, 0.1) is 11.0 Å². The Morgan fingerprint density at radius 2 is 2.15 bits per heavy atom. The summed E-state index contributed by atoms with van der Waals surface area (Å²) in [6.07, 6.45) is 2.47. The highest BCUT2D eigenvalue weighted by Gasteiger charge is 2.54. The van der Waals surface area contributed by atoms with E-state index in [1.807, 2.05) is 30.9 Å². The van der Waals surface area contributed by atoms with Gasteiger partial charge in [-0.2, -0.15) is 5.10 Å². The Bertz CT molecular complexity index is 1090. The van der Waals surface area contributed by atoms with E-state index in [9.17, 15) is 5.11 Å². The lowest BCUT2D eigenvalue weighted by Gasteiger charge is -2.19. The van der Waals surface area contributed by atoms with Gasteiger partial charge < -0.3 is 14.4 Å². The van der Waals surface area contributed by atoms with Gasteiger partial charge in [0.1, 0.15) is 5.69 Å². The number of hydrogen-bond acceptors (Lipinski definition) is 4. The molecule has 1 N–H and O–H groups in total. The minimum Gasteiger partial charge on any atom is -0.364 e. The van der Waals surface area contributed by atoms with E-state index in [4.69, 9.17) is 14.8 Å². The second-order valence-electron chi connectivity index (χ2n) is 8.28. The van der Waals surface area contributed by atoms with Crippen LogP contribution in [0.3, 0.4) is 0 Å². The number of nitrogens with zero attached hydrogens (tertiary/aromatic N) is 4. The van der Waals surface area contributed by atoms with Crippen molar-refractivity contribution in [2.45, 2.75) is 32.5 Å². The first-order valence-electron chi connectivity index (χ1n) is 9.24. The number of aliphatic hydroxyl groups is 1. The Morgan fingerprint density at radius 1 is 1.37 bits per heavy atom. The summed E-state index contributed by atoms with van der Waals surface area (Å²) in [7, 11) is 5.53. The molecule has 0 saturated heterocycles. The van der Waals surface area contributed by atoms with Crippen LogP contribution in [-0.4, -0.2) is 31.5 Å². The normalized spacial score (nSPS) is 24.7. The lowest BCUT2D eigenvalue weighted by atomic mass is 9.87. The van der Waals surface area contributed by atoms with Gasteiger partial charge in [-0.05, 0) is 42.7 Å². The van der Waals surface area contributed by atoms with Crippen LogP contribution in [0.4, 0.5) is 0 Å². The van der Waals surface area contributed by atoms with Crippen LogP contribution < -0.4 is 0 Å². The van der Waals surface area contributed by atoms with Crippen molar-refractivity contribution in [3.05, 3.63) is 33.4 Å². The topological polar surface area (TPSA) is 65.1 Å². The minimum absolute atomic E-state index is 0.463. The average Bonchev–Trinajstić information content (AvgIpc) is 3.07. The Hall–Kier alpha value is -1.70. The summed E-state index contributed by atoms with van der Waals surface area (Å²) in [6.45, 7) is 2.39. The predicted octanol–water partition coefficient (Wildman–Crippen LogP) is 3.50. The molecule has 1 fully saturated rings. The summed E-state index contributed by atoms with van der Waals surface area (Å²) in [5, 5.41) is 15.1. The van der Waals surface area contributed by atoms with Crippen LogP contribution in [0.25, 0.3) is 22.6 Å². The molecule has 5 rings (SSSR count). The maximum atomic E-state index is 10.3. The van der Waals surface area contributed by atoms with Gasteiger partial charge in [0, 0.05) is 42.5 Å². The van der Waals surface area contributed by atoms with Gasteiger partial charge in [-0.3, -0.25) is 4.68 Å². The van der Waals surface area contributed by atoms with Gasteiger partial charge in [-0.15, -0.1) is 0 Å². The van der Waals surface area contributed by atoms with Crippen LogP contribution in [0, 0.1) is 11.3 Å². The van der Waals surface area contributed by atoms with Crippen molar-refractivity contribution < 1.29 is 9.84 Å². The number of rotatable bonds is 3. The van der Waals surface area contributed by atoms with E-state index < -0.39 is 6.29 Å². The Morgan fingerprint density at radius 3 is 2.89 bits per heavy atom. The third-order valence-electron chi connectivity index (χ3n) is 6.52. The molecule has 27 heavy (non-hydrogen) atoms. The molecule has 142 valence electrons. The largest absolute Gasteiger partial charge is 0.364 e. The third-order valence-corrected chi connectivity index (χ3v) is 6.97. The van der Waals surface area contributed by atoms with E-state index in [1.54, 1.807) is 0 Å². The molecule has 3 atom stereocenters. The summed E-state index contributed by atoms with van der Waals surface area (Å²) in [6, 6.07) is 3.88. The number of halogens is 1. The minimum atomic E-state index is -1.02. The summed E-state index contributed by atoms with van der Waals surface area (Å²) in [4.78, 5) is 4.90. The molecular formula is C20H23BrN4O2. The molecule has 0 spiro atoms. The quantitative estimate of drug-likeness (QED) is 0.645. The second kappa shape index (κ2) is 5.65. The molecule has 7 heteroatoms. The predicted molar refractivity (Wildman–Crippen MR) is 106 cm³/mol. The maximum absolute atomic E-state index is 10.3. The van der Waals surface area contributed by atoms with Crippen molar-refractivity contribution in [1.82, 2.24) is 19.3 Å². The van der Waals surface area contributed by atoms with Gasteiger partial charge in [0.25, 0.3) is 0 Å². The molecule has 2 aliphatic carbocycles. The average molecular weight is 431 g/mol. The van der Waals surface area contributed by atoms with Crippen LogP contribution in [0.1, 0.15) is 36.5 Å². The number of aliphatic hydroxyl groups excluding tert-OH is 1. The zero-order chi connectivity index (χ0) is 19.1. The van der Waals surface area contributed by atoms with E-state index in [-0.39, 0.29) is 0 Å². The van der Waals surface area contributed by atoms with Crippen molar-refractivity contribution in [3.63, 3.8) is 0 Å². The van der Waals surface area contributed by atoms with Crippen molar-refractivity contribution in [3.8, 4) is 11.5 Å². The number of aromatic nitrogens is 4. The van der Waals surface area contributed by atoms with E-state index >= 15 is 0 Å². The summed E-state index contributed by atoms with van der Waals surface area (Å²) >= 11 is 3.54. The SMILES string of the molecule is COC(O)c1cc(Br)cc2c1nc(-c1nn(C)c3c1C[C@@H]1C[C@]1(C)C3)n2C. The van der Waals surface area contributed by atoms with E-state index in [1.165, 1.54) is 24.8 Å². The number of ether oxygens (including phenoxy) is 1. The third kappa shape index (κ3) is 2.45. The second-order valence-corrected chi connectivity index (χ2v) is 9.19. The molecule has 2 aromatic heterocycles. The van der Waals surface area contributed by atoms with Crippen molar-refractivity contribution in [1.29, 1.82) is 0 Å². The van der Waals surface area contributed by atoms with Crippen LogP contribution in [0.2, 0.25) is 0 Å². The lowest BCUT2D eigenvalue weighted by molar-refractivity contribution is -0.0760. The Labute approximate surface area is 166 Å². The van der Waals surface area contributed by atoms with Crippen LogP contribution in [0.5, 0.6) is 0 Å². The van der Waals surface area contributed by atoms with Gasteiger partial charge in [-0.25, -0.2) is 4.98 Å². The van der Waals surface area contributed by atoms with Crippen LogP contribution in [-0.2, 0) is 31.7 Å². The summed E-state index contributed by atoms with van der Waals surface area (Å²) < 4.78 is 10.1. The van der Waals surface area contributed by atoms with E-state index in [0.29, 0.717) is 11.0 Å². The molecule has 0 radical (unpaired) electrons. The Kier molecular flexibility index (Phi) is 3.64. The highest BCUT2D eigenvalue weighted by molar-refractivity contribution is 9.10. The summed E-state index contributed by atoms with van der Waals surface area (Å²) in [5.41, 5.74) is 6.45. The monoisotopic (exact) mass is 430 g/mol. The number of aryl methyl sites for hydroxylation is 2. The zero-order valence-electron chi connectivity index (χ0n) is 16.0. The van der Waals surface area contributed by atoms with Gasteiger partial charge in [-0.1, -0.05) is 22.9 Å². The van der Waals surface area contributed by atoms with E-state index in [2.05, 4.69) is 27.4 Å². The van der Waals surface area contributed by atoms with Crippen LogP contribution in [0.15, 0.2) is 16.6 Å². The molecule has 0 amide bonds.